The predicted molar refractivity (Wildman–Crippen MR) is 143 cm³/mol. The van der Waals surface area contributed by atoms with Crippen molar-refractivity contribution in [3.63, 3.8) is 0 Å². The average Bonchev–Trinajstić information content (AvgIpc) is 3.43. The third-order valence-electron chi connectivity index (χ3n) is 5.58. The molecule has 4 aromatic rings. The second-order valence-electron chi connectivity index (χ2n) is 8.52. The number of aromatic nitrogens is 3. The number of benzene rings is 2. The number of fused-ring (bicyclic) bond motifs is 1. The molecule has 202 valence electrons. The van der Waals surface area contributed by atoms with E-state index in [1.807, 2.05) is 0 Å². The Labute approximate surface area is 224 Å². The number of Topliss-reactive ketones (excluding diaryl/α,β-unsaturated/α-hetero) is 1. The maximum atomic E-state index is 13.4. The third kappa shape index (κ3) is 6.62. The molecule has 0 fully saturated rings. The molecule has 0 amide bonds. The van der Waals surface area contributed by atoms with Crippen molar-refractivity contribution in [1.82, 2.24) is 14.8 Å². The second-order valence-corrected chi connectivity index (χ2v) is 13.5. The largest absolute Gasteiger partial charge is 0.336 e. The van der Waals surface area contributed by atoms with E-state index in [2.05, 4.69) is 10.1 Å². The molecule has 0 spiro atoms. The van der Waals surface area contributed by atoms with E-state index in [9.17, 15) is 22.2 Å². The highest BCUT2D eigenvalue weighted by atomic mass is 32.2. The number of hydrogen-bond acceptors (Lipinski definition) is 9. The number of ketones is 1. The molecule has 0 N–H and O–H groups in total. The van der Waals surface area contributed by atoms with E-state index in [4.69, 9.17) is 9.05 Å². The fourth-order valence-electron chi connectivity index (χ4n) is 3.92. The number of hydrogen-bond donors (Lipinski definition) is 0. The minimum absolute atomic E-state index is 0.00284. The van der Waals surface area contributed by atoms with Gasteiger partial charge in [0.25, 0.3) is 0 Å². The standard InChI is InChI=1S/C25H27FN3O6PS2/c1-4-34-36(31,35-5-2)15-19-16-37-24(27-19)13-23(30)25-21-11-10-20(38(3,32)33)12-22(21)29(28-25)14-17-6-8-18(26)9-7-17/h6-12,16H,4-5,13-15H2,1-3H3. The quantitative estimate of drug-likeness (QED) is 0.165. The minimum Gasteiger partial charge on any atom is -0.309 e. The molecule has 13 heteroatoms. The fraction of sp³-hybridized carbons (Fsp3) is 0.320. The van der Waals surface area contributed by atoms with Crippen LogP contribution in [0.25, 0.3) is 10.9 Å². The van der Waals surface area contributed by atoms with Gasteiger partial charge in [-0.1, -0.05) is 12.1 Å². The minimum atomic E-state index is -3.50. The van der Waals surface area contributed by atoms with Crippen molar-refractivity contribution < 1.29 is 31.2 Å². The van der Waals surface area contributed by atoms with Crippen molar-refractivity contribution in [2.45, 2.75) is 37.9 Å². The van der Waals surface area contributed by atoms with Gasteiger partial charge in [0.15, 0.2) is 15.6 Å². The number of sulfone groups is 1. The number of nitrogens with zero attached hydrogens (tertiary/aromatic N) is 3. The molecule has 9 nitrogen and oxygen atoms in total. The molecule has 0 bridgehead atoms. The lowest BCUT2D eigenvalue weighted by Gasteiger charge is -2.15. The molecule has 2 heterocycles. The van der Waals surface area contributed by atoms with Crippen molar-refractivity contribution in [2.75, 3.05) is 19.5 Å². The SMILES string of the molecule is CCOP(=O)(Cc1csc(CC(=O)c2nn(Cc3ccc(F)cc3)c3cc(S(C)(=O)=O)ccc23)n1)OCC. The summed E-state index contributed by atoms with van der Waals surface area (Å²) in [5.74, 6) is -0.686. The smallest absolute Gasteiger partial charge is 0.309 e. The first kappa shape index (κ1) is 28.3. The van der Waals surface area contributed by atoms with Crippen molar-refractivity contribution in [2.24, 2.45) is 0 Å². The fourth-order valence-corrected chi connectivity index (χ4v) is 7.08. The van der Waals surface area contributed by atoms with E-state index in [1.165, 1.54) is 40.3 Å². The van der Waals surface area contributed by atoms with Crippen molar-refractivity contribution >= 4 is 45.5 Å². The van der Waals surface area contributed by atoms with Crippen molar-refractivity contribution in [3.05, 3.63) is 75.6 Å². The molecule has 0 unspecified atom stereocenters. The van der Waals surface area contributed by atoms with Crippen LogP contribution in [0.1, 0.15) is 40.6 Å². The summed E-state index contributed by atoms with van der Waals surface area (Å²) in [5.41, 5.74) is 1.88. The Balaban J connectivity index is 1.64. The van der Waals surface area contributed by atoms with Gasteiger partial charge in [-0.3, -0.25) is 14.0 Å². The Morgan fingerprint density at radius 2 is 1.79 bits per heavy atom. The Morgan fingerprint density at radius 1 is 1.11 bits per heavy atom. The lowest BCUT2D eigenvalue weighted by molar-refractivity contribution is 0.0989. The van der Waals surface area contributed by atoms with Gasteiger partial charge in [-0.2, -0.15) is 5.10 Å². The van der Waals surface area contributed by atoms with Crippen LogP contribution in [-0.2, 0) is 42.6 Å². The molecule has 0 aliphatic rings. The van der Waals surface area contributed by atoms with E-state index in [0.29, 0.717) is 21.6 Å². The first-order valence-electron chi connectivity index (χ1n) is 11.8. The summed E-state index contributed by atoms with van der Waals surface area (Å²) in [5, 5.41) is 7.24. The summed E-state index contributed by atoms with van der Waals surface area (Å²) in [4.78, 5) is 17.9. The van der Waals surface area contributed by atoms with Crippen LogP contribution in [0.3, 0.4) is 0 Å². The average molecular weight is 580 g/mol. The summed E-state index contributed by atoms with van der Waals surface area (Å²) in [6.07, 6.45) is 1.06. The van der Waals surface area contributed by atoms with Crippen molar-refractivity contribution in [3.8, 4) is 0 Å². The maximum absolute atomic E-state index is 13.4. The van der Waals surface area contributed by atoms with Gasteiger partial charge < -0.3 is 9.05 Å². The summed E-state index contributed by atoms with van der Waals surface area (Å²) in [6, 6.07) is 10.4. The Kier molecular flexibility index (Phi) is 8.59. The first-order chi connectivity index (χ1) is 18.0. The summed E-state index contributed by atoms with van der Waals surface area (Å²) >= 11 is 1.26. The molecule has 2 aromatic carbocycles. The van der Waals surface area contributed by atoms with Crippen LogP contribution in [0, 0.1) is 5.82 Å². The van der Waals surface area contributed by atoms with Gasteiger partial charge in [-0.25, -0.2) is 17.8 Å². The zero-order valence-electron chi connectivity index (χ0n) is 21.1. The van der Waals surface area contributed by atoms with Crippen LogP contribution in [0.5, 0.6) is 0 Å². The van der Waals surface area contributed by atoms with Crippen LogP contribution in [0.15, 0.2) is 52.7 Å². The van der Waals surface area contributed by atoms with Gasteiger partial charge >= 0.3 is 7.60 Å². The topological polar surface area (TPSA) is 117 Å². The molecular formula is C25H27FN3O6PS2. The number of carbonyl (C=O) groups is 1. The number of carbonyl (C=O) groups excluding carboxylic acids is 1. The van der Waals surface area contributed by atoms with Gasteiger partial charge in [-0.05, 0) is 49.7 Å². The molecule has 0 radical (unpaired) electrons. The lowest BCUT2D eigenvalue weighted by Crippen LogP contribution is -2.08. The number of thiazole rings is 1. The molecule has 38 heavy (non-hydrogen) atoms. The Bertz CT molecular complexity index is 1610. The van der Waals surface area contributed by atoms with Crippen LogP contribution >= 0.6 is 18.9 Å². The van der Waals surface area contributed by atoms with Crippen LogP contribution in [0.4, 0.5) is 4.39 Å². The highest BCUT2D eigenvalue weighted by molar-refractivity contribution is 7.90. The molecule has 0 aliphatic carbocycles. The van der Waals surface area contributed by atoms with E-state index in [0.717, 1.165) is 11.8 Å². The number of rotatable bonds is 12. The van der Waals surface area contributed by atoms with Crippen LogP contribution < -0.4 is 0 Å². The summed E-state index contributed by atoms with van der Waals surface area (Å²) in [6.45, 7) is 4.15. The zero-order valence-corrected chi connectivity index (χ0v) is 23.6. The van der Waals surface area contributed by atoms with Gasteiger partial charge in [0.2, 0.25) is 0 Å². The van der Waals surface area contributed by atoms with Crippen molar-refractivity contribution in [1.29, 1.82) is 0 Å². The van der Waals surface area contributed by atoms with Gasteiger partial charge in [-0.15, -0.1) is 11.3 Å². The molecule has 2 aromatic heterocycles. The van der Waals surface area contributed by atoms with Gasteiger partial charge in [0, 0.05) is 17.0 Å². The van der Waals surface area contributed by atoms with E-state index in [1.54, 1.807) is 37.4 Å². The first-order valence-corrected chi connectivity index (χ1v) is 16.3. The van der Waals surface area contributed by atoms with Gasteiger partial charge in [0.05, 0.1) is 48.4 Å². The summed E-state index contributed by atoms with van der Waals surface area (Å²) < 4.78 is 62.7. The van der Waals surface area contributed by atoms with E-state index >= 15 is 0 Å². The van der Waals surface area contributed by atoms with E-state index < -0.39 is 17.4 Å². The van der Waals surface area contributed by atoms with Crippen LogP contribution in [-0.4, -0.2) is 48.4 Å². The zero-order chi connectivity index (χ0) is 27.5. The molecule has 0 aliphatic heterocycles. The summed E-state index contributed by atoms with van der Waals surface area (Å²) in [7, 11) is -6.83. The molecule has 0 saturated carbocycles. The highest BCUT2D eigenvalue weighted by Gasteiger charge is 2.26. The van der Waals surface area contributed by atoms with Gasteiger partial charge in [0.1, 0.15) is 16.5 Å². The molecule has 4 rings (SSSR count). The maximum Gasteiger partial charge on any atom is 0.336 e. The van der Waals surface area contributed by atoms with E-state index in [-0.39, 0.29) is 54.5 Å². The predicted octanol–water partition coefficient (Wildman–Crippen LogP) is 5.28. The lowest BCUT2D eigenvalue weighted by atomic mass is 10.1. The monoisotopic (exact) mass is 579 g/mol. The Hall–Kier alpha value is -2.76. The molecule has 0 atom stereocenters. The Morgan fingerprint density at radius 3 is 2.42 bits per heavy atom. The second kappa shape index (κ2) is 11.5. The normalized spacial score (nSPS) is 12.3. The molecule has 0 saturated heterocycles. The number of halogens is 1. The highest BCUT2D eigenvalue weighted by Crippen LogP contribution is 2.51. The molecular weight excluding hydrogens is 552 g/mol. The third-order valence-corrected chi connectivity index (χ3v) is 9.60. The van der Waals surface area contributed by atoms with Crippen LogP contribution in [0.2, 0.25) is 0 Å².